The first-order chi connectivity index (χ1) is 18.6. The molecule has 1 aliphatic carbocycles. The summed E-state index contributed by atoms with van der Waals surface area (Å²) in [5.74, 6) is -1.04. The maximum absolute atomic E-state index is 15.0. The second kappa shape index (κ2) is 16.7. The van der Waals surface area contributed by atoms with E-state index in [1.54, 1.807) is 6.07 Å². The van der Waals surface area contributed by atoms with Crippen molar-refractivity contribution in [2.45, 2.75) is 116 Å². The van der Waals surface area contributed by atoms with Crippen LogP contribution in [0, 0.1) is 5.82 Å². The van der Waals surface area contributed by atoms with Gasteiger partial charge in [-0.3, -0.25) is 0 Å². The van der Waals surface area contributed by atoms with E-state index in [4.69, 9.17) is 9.47 Å². The van der Waals surface area contributed by atoms with E-state index in [2.05, 4.69) is 32.9 Å². The molecule has 0 unspecified atom stereocenters. The Kier molecular flexibility index (Phi) is 13.3. The topological polar surface area (TPSA) is 18.5 Å². The number of hydrogen-bond acceptors (Lipinski definition) is 2. The highest BCUT2D eigenvalue weighted by Gasteiger charge is 2.31. The van der Waals surface area contributed by atoms with Crippen LogP contribution < -0.4 is 0 Å². The molecule has 0 heterocycles. The highest BCUT2D eigenvalue weighted by molar-refractivity contribution is 5.64. The van der Waals surface area contributed by atoms with Crippen LogP contribution in [0.15, 0.2) is 72.8 Å². The normalized spacial score (nSPS) is 19.6. The summed E-state index contributed by atoms with van der Waals surface area (Å²) in [4.78, 5) is 0. The van der Waals surface area contributed by atoms with Crippen molar-refractivity contribution in [1.29, 1.82) is 0 Å². The number of halogens is 1. The molecule has 0 radical (unpaired) electrons. The second-order valence-electron chi connectivity index (χ2n) is 10.8. The molecular weight excluding hydrogens is 471 g/mol. The van der Waals surface area contributed by atoms with E-state index in [0.717, 1.165) is 30.4 Å². The summed E-state index contributed by atoms with van der Waals surface area (Å²) in [6.07, 6.45) is 23.2. The molecule has 2 nitrogen and oxygen atoms in total. The zero-order valence-electron chi connectivity index (χ0n) is 24.0. The first-order valence-electron chi connectivity index (χ1n) is 15.1. The van der Waals surface area contributed by atoms with E-state index in [1.165, 1.54) is 57.8 Å². The first kappa shape index (κ1) is 30.3. The van der Waals surface area contributed by atoms with E-state index in [9.17, 15) is 0 Å². The molecule has 2 aromatic rings. The van der Waals surface area contributed by atoms with Gasteiger partial charge in [-0.15, -0.1) is 0 Å². The van der Waals surface area contributed by atoms with Gasteiger partial charge in [0.15, 0.2) is 0 Å². The molecule has 0 N–H and O–H groups in total. The number of allylic oxidation sites excluding steroid dienone is 2. The van der Waals surface area contributed by atoms with E-state index in [-0.39, 0.29) is 17.8 Å². The van der Waals surface area contributed by atoms with Crippen molar-refractivity contribution in [2.75, 3.05) is 6.61 Å². The largest absolute Gasteiger partial charge is 0.343 e. The number of benzene rings is 2. The van der Waals surface area contributed by atoms with Gasteiger partial charge in [0.1, 0.15) is 5.82 Å². The standard InChI is InChI=1S/C35H49FO2/c1-4-6-8-9-10-11-12-17-27-37-35(38-29(3)18-14-7-5-2)25-23-30(24-26-35)32-21-22-33(34(36)28-32)31-19-15-13-16-20-31/h13,15-16,19-26,28-30H,4-12,14,17-18,27H2,1-3H3/t29-,30?,35?/m1/s1. The highest BCUT2D eigenvalue weighted by atomic mass is 19.1. The Hall–Kier alpha value is -2.23. The lowest BCUT2D eigenvalue weighted by molar-refractivity contribution is -0.197. The zero-order chi connectivity index (χ0) is 27.1. The van der Waals surface area contributed by atoms with E-state index < -0.39 is 5.79 Å². The van der Waals surface area contributed by atoms with Gasteiger partial charge in [-0.2, -0.15) is 0 Å². The lowest BCUT2D eigenvalue weighted by atomic mass is 9.91. The predicted octanol–water partition coefficient (Wildman–Crippen LogP) is 10.5. The predicted molar refractivity (Wildman–Crippen MR) is 159 cm³/mol. The van der Waals surface area contributed by atoms with Crippen LogP contribution in [0.2, 0.25) is 0 Å². The Labute approximate surface area is 231 Å². The molecular formula is C35H49FO2. The zero-order valence-corrected chi connectivity index (χ0v) is 24.0. The van der Waals surface area contributed by atoms with Gasteiger partial charge >= 0.3 is 0 Å². The molecule has 1 atom stereocenters. The van der Waals surface area contributed by atoms with Crippen LogP contribution in [0.25, 0.3) is 11.1 Å². The van der Waals surface area contributed by atoms with Crippen molar-refractivity contribution in [2.24, 2.45) is 0 Å². The summed E-state index contributed by atoms with van der Waals surface area (Å²) >= 11 is 0. The maximum Gasteiger partial charge on any atom is 0.208 e. The molecule has 0 amide bonds. The lowest BCUT2D eigenvalue weighted by Gasteiger charge is -2.34. The summed E-state index contributed by atoms with van der Waals surface area (Å²) in [6.45, 7) is 7.30. The summed E-state index contributed by atoms with van der Waals surface area (Å²) in [6, 6.07) is 15.3. The van der Waals surface area contributed by atoms with Crippen molar-refractivity contribution in [3.05, 3.63) is 84.2 Å². The van der Waals surface area contributed by atoms with E-state index in [0.29, 0.717) is 12.2 Å². The third-order valence-electron chi connectivity index (χ3n) is 7.46. The van der Waals surface area contributed by atoms with Gasteiger partial charge in [-0.05, 0) is 49.1 Å². The Morgan fingerprint density at radius 1 is 0.789 bits per heavy atom. The molecule has 0 saturated carbocycles. The lowest BCUT2D eigenvalue weighted by Crippen LogP contribution is -2.37. The molecule has 208 valence electrons. The average Bonchev–Trinajstić information content (AvgIpc) is 2.93. The summed E-state index contributed by atoms with van der Waals surface area (Å²) in [5.41, 5.74) is 2.46. The second-order valence-corrected chi connectivity index (χ2v) is 10.8. The van der Waals surface area contributed by atoms with Crippen molar-refractivity contribution in [1.82, 2.24) is 0 Å². The number of hydrogen-bond donors (Lipinski definition) is 0. The Bertz CT molecular complexity index is 967. The van der Waals surface area contributed by atoms with Gasteiger partial charge in [0.2, 0.25) is 5.79 Å². The Balaban J connectivity index is 1.60. The minimum absolute atomic E-state index is 0.00633. The minimum atomic E-state index is -0.841. The van der Waals surface area contributed by atoms with Crippen LogP contribution in [0.5, 0.6) is 0 Å². The first-order valence-corrected chi connectivity index (χ1v) is 15.1. The third-order valence-corrected chi connectivity index (χ3v) is 7.46. The molecule has 38 heavy (non-hydrogen) atoms. The molecule has 0 saturated heterocycles. The van der Waals surface area contributed by atoms with Crippen LogP contribution in [0.4, 0.5) is 4.39 Å². The molecule has 0 fully saturated rings. The molecule has 0 aromatic heterocycles. The Morgan fingerprint density at radius 2 is 1.42 bits per heavy atom. The van der Waals surface area contributed by atoms with Gasteiger partial charge in [0.25, 0.3) is 0 Å². The molecule has 0 aliphatic heterocycles. The summed E-state index contributed by atoms with van der Waals surface area (Å²) < 4.78 is 27.9. The smallest absolute Gasteiger partial charge is 0.208 e. The fourth-order valence-corrected chi connectivity index (χ4v) is 5.14. The molecule has 3 heteroatoms. The van der Waals surface area contributed by atoms with Gasteiger partial charge in [-0.1, -0.05) is 133 Å². The van der Waals surface area contributed by atoms with Crippen LogP contribution in [-0.4, -0.2) is 18.5 Å². The number of ether oxygens (including phenoxy) is 2. The monoisotopic (exact) mass is 520 g/mol. The summed E-state index contributed by atoms with van der Waals surface area (Å²) in [5, 5.41) is 0. The van der Waals surface area contributed by atoms with E-state index in [1.807, 2.05) is 54.6 Å². The number of rotatable bonds is 18. The van der Waals surface area contributed by atoms with Crippen molar-refractivity contribution in [3.63, 3.8) is 0 Å². The summed E-state index contributed by atoms with van der Waals surface area (Å²) in [7, 11) is 0. The van der Waals surface area contributed by atoms with Crippen LogP contribution >= 0.6 is 0 Å². The quantitative estimate of drug-likeness (QED) is 0.111. The molecule has 2 aromatic carbocycles. The van der Waals surface area contributed by atoms with Gasteiger partial charge in [0.05, 0.1) is 12.7 Å². The van der Waals surface area contributed by atoms with E-state index >= 15 is 4.39 Å². The van der Waals surface area contributed by atoms with Crippen LogP contribution in [0.1, 0.15) is 109 Å². The maximum atomic E-state index is 15.0. The van der Waals surface area contributed by atoms with Gasteiger partial charge in [-0.25, -0.2) is 4.39 Å². The molecule has 0 bridgehead atoms. The van der Waals surface area contributed by atoms with Crippen molar-refractivity contribution < 1.29 is 13.9 Å². The molecule has 3 rings (SSSR count). The van der Waals surface area contributed by atoms with Gasteiger partial charge in [0, 0.05) is 11.5 Å². The van der Waals surface area contributed by atoms with Crippen LogP contribution in [-0.2, 0) is 9.47 Å². The van der Waals surface area contributed by atoms with Crippen LogP contribution in [0.3, 0.4) is 0 Å². The molecule has 0 spiro atoms. The Morgan fingerprint density at radius 3 is 2.08 bits per heavy atom. The minimum Gasteiger partial charge on any atom is -0.343 e. The average molecular weight is 521 g/mol. The fraction of sp³-hybridized carbons (Fsp3) is 0.543. The van der Waals surface area contributed by atoms with Crippen molar-refractivity contribution >= 4 is 0 Å². The van der Waals surface area contributed by atoms with Crippen molar-refractivity contribution in [3.8, 4) is 11.1 Å². The third kappa shape index (κ3) is 9.82. The SMILES string of the molecule is CCCCCCCCCCOC1(O[C@H](C)CCCCC)C=CC(c2ccc(-c3ccccc3)c(F)c2)C=C1. The molecule has 1 aliphatic rings. The number of unbranched alkanes of at least 4 members (excludes halogenated alkanes) is 9. The van der Waals surface area contributed by atoms with Gasteiger partial charge < -0.3 is 9.47 Å². The fourth-order valence-electron chi connectivity index (χ4n) is 5.14. The highest BCUT2D eigenvalue weighted by Crippen LogP contribution is 2.33.